The molecule has 0 fully saturated rings. The van der Waals surface area contributed by atoms with Crippen molar-refractivity contribution in [1.29, 1.82) is 0 Å². The molecule has 0 unspecified atom stereocenters. The molecule has 0 aliphatic heterocycles. The highest BCUT2D eigenvalue weighted by Gasteiger charge is 2.05. The van der Waals surface area contributed by atoms with Crippen molar-refractivity contribution in [2.75, 3.05) is 13.2 Å². The summed E-state index contributed by atoms with van der Waals surface area (Å²) < 4.78 is 5.37. The molecule has 2 aromatic rings. The quantitative estimate of drug-likeness (QED) is 0.889. The first-order valence-electron chi connectivity index (χ1n) is 6.52. The zero-order valence-electron chi connectivity index (χ0n) is 11.7. The van der Waals surface area contributed by atoms with E-state index in [0.29, 0.717) is 12.3 Å². The van der Waals surface area contributed by atoms with Crippen molar-refractivity contribution in [2.24, 2.45) is 0 Å². The maximum Gasteiger partial charge on any atom is 0.257 e. The van der Waals surface area contributed by atoms with Crippen LogP contribution >= 0.6 is 11.3 Å². The van der Waals surface area contributed by atoms with Crippen molar-refractivity contribution in [2.45, 2.75) is 20.3 Å². The summed E-state index contributed by atoms with van der Waals surface area (Å²) in [5, 5.41) is 3.89. The number of thiazole rings is 1. The lowest BCUT2D eigenvalue weighted by Crippen LogP contribution is -2.30. The molecule has 5 heteroatoms. The Hall–Kier alpha value is -1.88. The molecule has 0 bridgehead atoms. The topological polar surface area (TPSA) is 51.2 Å². The normalized spacial score (nSPS) is 10.3. The zero-order valence-corrected chi connectivity index (χ0v) is 12.5. The van der Waals surface area contributed by atoms with Crippen LogP contribution in [-0.2, 0) is 11.2 Å². The maximum absolute atomic E-state index is 11.6. The Morgan fingerprint density at radius 2 is 2.05 bits per heavy atom. The fourth-order valence-electron chi connectivity index (χ4n) is 1.67. The van der Waals surface area contributed by atoms with E-state index in [-0.39, 0.29) is 12.5 Å². The Morgan fingerprint density at radius 3 is 2.70 bits per heavy atom. The van der Waals surface area contributed by atoms with Crippen LogP contribution in [0.2, 0.25) is 0 Å². The third kappa shape index (κ3) is 4.35. The van der Waals surface area contributed by atoms with Gasteiger partial charge in [-0.15, -0.1) is 11.3 Å². The molecule has 0 radical (unpaired) electrons. The van der Waals surface area contributed by atoms with Gasteiger partial charge in [0.05, 0.1) is 10.7 Å². The highest BCUT2D eigenvalue weighted by Crippen LogP contribution is 2.16. The molecular formula is C15H18N2O2S. The van der Waals surface area contributed by atoms with Gasteiger partial charge in [-0.25, -0.2) is 4.98 Å². The van der Waals surface area contributed by atoms with E-state index in [1.54, 1.807) is 11.3 Å². The van der Waals surface area contributed by atoms with Crippen LogP contribution in [0.15, 0.2) is 30.3 Å². The maximum atomic E-state index is 11.6. The Kier molecular flexibility index (Phi) is 5.12. The number of aryl methyl sites for hydroxylation is 2. The number of ether oxygens (including phenoxy) is 1. The molecule has 0 spiro atoms. The number of benzene rings is 1. The van der Waals surface area contributed by atoms with Crippen LogP contribution < -0.4 is 10.1 Å². The largest absolute Gasteiger partial charge is 0.484 e. The number of hydrogen-bond donors (Lipinski definition) is 1. The van der Waals surface area contributed by atoms with Gasteiger partial charge in [0.15, 0.2) is 6.61 Å². The fraction of sp³-hybridized carbons (Fsp3) is 0.333. The number of amides is 1. The predicted molar refractivity (Wildman–Crippen MR) is 80.2 cm³/mol. The van der Waals surface area contributed by atoms with E-state index in [4.69, 9.17) is 4.74 Å². The fourth-order valence-corrected chi connectivity index (χ4v) is 2.61. The van der Waals surface area contributed by atoms with Crippen molar-refractivity contribution in [3.05, 3.63) is 45.9 Å². The molecule has 20 heavy (non-hydrogen) atoms. The number of aromatic nitrogens is 1. The molecule has 1 aromatic heterocycles. The molecule has 1 amide bonds. The molecule has 106 valence electrons. The first kappa shape index (κ1) is 14.5. The summed E-state index contributed by atoms with van der Waals surface area (Å²) >= 11 is 1.68. The molecule has 0 atom stereocenters. The molecule has 1 aromatic carbocycles. The number of carbonyl (C=O) groups excluding carboxylic acids is 1. The van der Waals surface area contributed by atoms with E-state index in [1.807, 2.05) is 37.3 Å². The van der Waals surface area contributed by atoms with Crippen molar-refractivity contribution in [3.8, 4) is 5.75 Å². The van der Waals surface area contributed by atoms with Crippen LogP contribution in [0.1, 0.15) is 15.6 Å². The monoisotopic (exact) mass is 290 g/mol. The summed E-state index contributed by atoms with van der Waals surface area (Å²) in [5.41, 5.74) is 1.07. The average Bonchev–Trinajstić information content (AvgIpc) is 2.76. The van der Waals surface area contributed by atoms with Gasteiger partial charge in [-0.2, -0.15) is 0 Å². The van der Waals surface area contributed by atoms with Gasteiger partial charge in [-0.3, -0.25) is 4.79 Å². The van der Waals surface area contributed by atoms with Crippen molar-refractivity contribution in [3.63, 3.8) is 0 Å². The van der Waals surface area contributed by atoms with Gasteiger partial charge < -0.3 is 10.1 Å². The summed E-state index contributed by atoms with van der Waals surface area (Å²) in [7, 11) is 0. The van der Waals surface area contributed by atoms with E-state index < -0.39 is 0 Å². The highest BCUT2D eigenvalue weighted by atomic mass is 32.1. The third-order valence-corrected chi connectivity index (χ3v) is 3.98. The molecule has 2 rings (SSSR count). The van der Waals surface area contributed by atoms with Crippen LogP contribution in [-0.4, -0.2) is 24.0 Å². The second-order valence-electron chi connectivity index (χ2n) is 4.45. The first-order chi connectivity index (χ1) is 9.65. The highest BCUT2D eigenvalue weighted by molar-refractivity contribution is 7.11. The van der Waals surface area contributed by atoms with E-state index >= 15 is 0 Å². The number of hydrogen-bond acceptors (Lipinski definition) is 4. The van der Waals surface area contributed by atoms with Gasteiger partial charge in [-0.1, -0.05) is 18.2 Å². The van der Waals surface area contributed by atoms with Gasteiger partial charge in [0.1, 0.15) is 5.75 Å². The summed E-state index contributed by atoms with van der Waals surface area (Å²) in [6.45, 7) is 4.69. The van der Waals surface area contributed by atoms with Crippen LogP contribution in [0.25, 0.3) is 0 Å². The van der Waals surface area contributed by atoms with Gasteiger partial charge >= 0.3 is 0 Å². The predicted octanol–water partition coefficient (Wildman–Crippen LogP) is 2.50. The lowest BCUT2D eigenvalue weighted by molar-refractivity contribution is -0.123. The Labute approximate surface area is 122 Å². The average molecular weight is 290 g/mol. The molecule has 0 saturated heterocycles. The first-order valence-corrected chi connectivity index (χ1v) is 7.34. The van der Waals surface area contributed by atoms with Crippen LogP contribution in [0, 0.1) is 13.8 Å². The number of rotatable bonds is 6. The second-order valence-corrected chi connectivity index (χ2v) is 5.74. The van der Waals surface area contributed by atoms with E-state index in [9.17, 15) is 4.79 Å². The molecule has 4 nitrogen and oxygen atoms in total. The molecule has 0 aliphatic carbocycles. The minimum atomic E-state index is -0.112. The van der Waals surface area contributed by atoms with E-state index in [1.165, 1.54) is 4.88 Å². The molecular weight excluding hydrogens is 272 g/mol. The van der Waals surface area contributed by atoms with E-state index in [0.717, 1.165) is 17.1 Å². The van der Waals surface area contributed by atoms with Crippen LogP contribution in [0.3, 0.4) is 0 Å². The van der Waals surface area contributed by atoms with Gasteiger partial charge in [0, 0.05) is 17.8 Å². The lowest BCUT2D eigenvalue weighted by Gasteiger charge is -2.06. The van der Waals surface area contributed by atoms with Gasteiger partial charge in [0.25, 0.3) is 5.91 Å². The smallest absolute Gasteiger partial charge is 0.257 e. The van der Waals surface area contributed by atoms with Gasteiger partial charge in [-0.05, 0) is 26.0 Å². The lowest BCUT2D eigenvalue weighted by atomic mass is 10.3. The van der Waals surface area contributed by atoms with Gasteiger partial charge in [0.2, 0.25) is 0 Å². The summed E-state index contributed by atoms with van der Waals surface area (Å²) in [6.07, 6.45) is 0.760. The zero-order chi connectivity index (χ0) is 14.4. The minimum absolute atomic E-state index is 0.0416. The number of nitrogens with zero attached hydrogens (tertiary/aromatic N) is 1. The molecule has 1 heterocycles. The Bertz CT molecular complexity index is 547. The van der Waals surface area contributed by atoms with Crippen LogP contribution in [0.5, 0.6) is 5.75 Å². The van der Waals surface area contributed by atoms with Crippen molar-refractivity contribution < 1.29 is 9.53 Å². The molecule has 1 N–H and O–H groups in total. The van der Waals surface area contributed by atoms with E-state index in [2.05, 4.69) is 17.2 Å². The summed E-state index contributed by atoms with van der Waals surface area (Å²) in [5.74, 6) is 0.590. The van der Waals surface area contributed by atoms with Crippen LogP contribution in [0.4, 0.5) is 0 Å². The second kappa shape index (κ2) is 7.05. The molecule has 0 aliphatic rings. The Balaban J connectivity index is 1.68. The Morgan fingerprint density at radius 1 is 1.30 bits per heavy atom. The summed E-state index contributed by atoms with van der Waals surface area (Å²) in [4.78, 5) is 17.3. The standard InChI is InChI=1S/C15H18N2O2S/c1-11-12(2)20-15(17-11)8-9-16-14(18)10-19-13-6-4-3-5-7-13/h3-7H,8-10H2,1-2H3,(H,16,18). The molecule has 0 saturated carbocycles. The van der Waals surface area contributed by atoms with Crippen molar-refractivity contribution >= 4 is 17.2 Å². The SMILES string of the molecule is Cc1nc(CCNC(=O)COc2ccccc2)sc1C. The summed E-state index contributed by atoms with van der Waals surface area (Å²) in [6, 6.07) is 9.31. The minimum Gasteiger partial charge on any atom is -0.484 e. The number of nitrogens with one attached hydrogen (secondary N) is 1. The number of carbonyl (C=O) groups is 1. The van der Waals surface area contributed by atoms with Crippen molar-refractivity contribution in [1.82, 2.24) is 10.3 Å². The third-order valence-electron chi connectivity index (χ3n) is 2.85. The number of para-hydroxylation sites is 1.